The zero-order valence-corrected chi connectivity index (χ0v) is 15.1. The van der Waals surface area contributed by atoms with Crippen LogP contribution in [-0.2, 0) is 14.3 Å². The minimum absolute atomic E-state index is 0.0634. The summed E-state index contributed by atoms with van der Waals surface area (Å²) in [5, 5.41) is 5.95. The van der Waals surface area contributed by atoms with Gasteiger partial charge in [-0.2, -0.15) is 0 Å². The highest BCUT2D eigenvalue weighted by molar-refractivity contribution is 5.78. The Hall–Kier alpha value is -1.18. The highest BCUT2D eigenvalue weighted by Crippen LogP contribution is 2.10. The molecule has 0 aliphatic carbocycles. The van der Waals surface area contributed by atoms with Gasteiger partial charge < -0.3 is 15.4 Å². The Balaban J connectivity index is 1.58. The molecule has 0 radical (unpaired) electrons. The number of nitrogens with zero attached hydrogens (tertiary/aromatic N) is 2. The van der Waals surface area contributed by atoms with E-state index in [0.29, 0.717) is 19.6 Å². The second-order valence-electron chi connectivity index (χ2n) is 6.87. The predicted octanol–water partition coefficient (Wildman–Crippen LogP) is -0.186. The van der Waals surface area contributed by atoms with Crippen LogP contribution in [0.3, 0.4) is 0 Å². The van der Waals surface area contributed by atoms with E-state index in [1.54, 1.807) is 0 Å². The molecule has 2 rings (SSSR count). The zero-order valence-electron chi connectivity index (χ0n) is 15.1. The van der Waals surface area contributed by atoms with E-state index in [-0.39, 0.29) is 24.0 Å². The van der Waals surface area contributed by atoms with E-state index >= 15 is 0 Å². The molecule has 2 heterocycles. The highest BCUT2D eigenvalue weighted by Gasteiger charge is 2.22. The van der Waals surface area contributed by atoms with E-state index in [9.17, 15) is 9.59 Å². The van der Waals surface area contributed by atoms with Crippen molar-refractivity contribution in [3.8, 4) is 0 Å². The molecule has 0 aromatic carbocycles. The van der Waals surface area contributed by atoms with Crippen LogP contribution in [0.4, 0.5) is 0 Å². The monoisotopic (exact) mass is 340 g/mol. The Kier molecular flexibility index (Phi) is 7.94. The Morgan fingerprint density at radius 1 is 1.12 bits per heavy atom. The fourth-order valence-corrected chi connectivity index (χ4v) is 3.02. The molecule has 0 bridgehead atoms. The first-order chi connectivity index (χ1) is 11.6. The number of amides is 2. The minimum Gasteiger partial charge on any atom is -0.376 e. The van der Waals surface area contributed by atoms with Crippen LogP contribution in [0.15, 0.2) is 0 Å². The Labute approximate surface area is 145 Å². The van der Waals surface area contributed by atoms with Crippen molar-refractivity contribution in [2.45, 2.75) is 45.3 Å². The molecule has 2 aliphatic heterocycles. The summed E-state index contributed by atoms with van der Waals surface area (Å²) in [6.45, 7) is 9.69. The van der Waals surface area contributed by atoms with Gasteiger partial charge in [-0.3, -0.25) is 19.4 Å². The first-order valence-electron chi connectivity index (χ1n) is 9.19. The quantitative estimate of drug-likeness (QED) is 0.641. The predicted molar refractivity (Wildman–Crippen MR) is 92.8 cm³/mol. The van der Waals surface area contributed by atoms with Crippen molar-refractivity contribution in [2.24, 2.45) is 0 Å². The van der Waals surface area contributed by atoms with Crippen molar-refractivity contribution >= 4 is 11.8 Å². The standard InChI is InChI=1S/C17H32N4O3/c1-3-14(2)19-17(23)13-21-8-6-20(7-9-21)12-16(22)18-11-15-5-4-10-24-15/h14-15H,3-13H2,1-2H3,(H,18,22)(H,19,23). The van der Waals surface area contributed by atoms with Crippen molar-refractivity contribution in [1.29, 1.82) is 0 Å². The van der Waals surface area contributed by atoms with Gasteiger partial charge in [-0.25, -0.2) is 0 Å². The van der Waals surface area contributed by atoms with Crippen molar-refractivity contribution < 1.29 is 14.3 Å². The summed E-state index contributed by atoms with van der Waals surface area (Å²) in [5.41, 5.74) is 0. The van der Waals surface area contributed by atoms with Gasteiger partial charge in [-0.1, -0.05) is 6.92 Å². The van der Waals surface area contributed by atoms with Crippen molar-refractivity contribution in [1.82, 2.24) is 20.4 Å². The fraction of sp³-hybridized carbons (Fsp3) is 0.882. The van der Waals surface area contributed by atoms with Gasteiger partial charge in [-0.15, -0.1) is 0 Å². The van der Waals surface area contributed by atoms with Crippen LogP contribution in [0, 0.1) is 0 Å². The second kappa shape index (κ2) is 9.96. The van der Waals surface area contributed by atoms with Gasteiger partial charge in [0.1, 0.15) is 0 Å². The molecule has 0 aromatic rings. The summed E-state index contributed by atoms with van der Waals surface area (Å²) >= 11 is 0. The summed E-state index contributed by atoms with van der Waals surface area (Å²) < 4.78 is 5.51. The van der Waals surface area contributed by atoms with Crippen molar-refractivity contribution in [3.05, 3.63) is 0 Å². The third-order valence-corrected chi connectivity index (χ3v) is 4.77. The first kappa shape index (κ1) is 19.1. The summed E-state index contributed by atoms with van der Waals surface area (Å²) in [7, 11) is 0. The molecule has 7 heteroatoms. The highest BCUT2D eigenvalue weighted by atomic mass is 16.5. The van der Waals surface area contributed by atoms with Crippen LogP contribution in [0.2, 0.25) is 0 Å². The van der Waals surface area contributed by atoms with Gasteiger partial charge in [0.25, 0.3) is 0 Å². The molecule has 2 saturated heterocycles. The van der Waals surface area contributed by atoms with Gasteiger partial charge >= 0.3 is 0 Å². The third kappa shape index (κ3) is 6.75. The maximum absolute atomic E-state index is 12.0. The normalized spacial score (nSPS) is 23.8. The Bertz CT molecular complexity index is 405. The molecular weight excluding hydrogens is 308 g/mol. The molecule has 2 unspecified atom stereocenters. The molecule has 2 atom stereocenters. The third-order valence-electron chi connectivity index (χ3n) is 4.77. The largest absolute Gasteiger partial charge is 0.376 e. The van der Waals surface area contributed by atoms with Crippen LogP contribution in [0.1, 0.15) is 33.1 Å². The Morgan fingerprint density at radius 3 is 2.29 bits per heavy atom. The van der Waals surface area contributed by atoms with Gasteiger partial charge in [0.2, 0.25) is 11.8 Å². The van der Waals surface area contributed by atoms with E-state index < -0.39 is 0 Å². The molecule has 24 heavy (non-hydrogen) atoms. The van der Waals surface area contributed by atoms with Crippen molar-refractivity contribution in [3.63, 3.8) is 0 Å². The lowest BCUT2D eigenvalue weighted by Crippen LogP contribution is -2.52. The van der Waals surface area contributed by atoms with Crippen LogP contribution >= 0.6 is 0 Å². The summed E-state index contributed by atoms with van der Waals surface area (Å²) in [5.74, 6) is 0.153. The smallest absolute Gasteiger partial charge is 0.234 e. The van der Waals surface area contributed by atoms with Gasteiger partial charge in [0, 0.05) is 45.4 Å². The summed E-state index contributed by atoms with van der Waals surface area (Å²) in [6, 6.07) is 0.228. The molecule has 0 saturated carbocycles. The number of ether oxygens (including phenoxy) is 1. The lowest BCUT2D eigenvalue weighted by Gasteiger charge is -2.34. The Morgan fingerprint density at radius 2 is 1.75 bits per heavy atom. The summed E-state index contributed by atoms with van der Waals surface area (Å²) in [6.07, 6.45) is 3.26. The number of nitrogens with one attached hydrogen (secondary N) is 2. The lowest BCUT2D eigenvalue weighted by molar-refractivity contribution is -0.125. The van der Waals surface area contributed by atoms with E-state index in [1.807, 2.05) is 6.92 Å². The van der Waals surface area contributed by atoms with E-state index in [4.69, 9.17) is 4.74 Å². The number of rotatable bonds is 8. The van der Waals surface area contributed by atoms with E-state index in [0.717, 1.165) is 52.0 Å². The molecular formula is C17H32N4O3. The summed E-state index contributed by atoms with van der Waals surface area (Å²) in [4.78, 5) is 28.2. The van der Waals surface area contributed by atoms with Crippen LogP contribution in [0.25, 0.3) is 0 Å². The van der Waals surface area contributed by atoms with Crippen molar-refractivity contribution in [2.75, 3.05) is 52.4 Å². The van der Waals surface area contributed by atoms with E-state index in [1.165, 1.54) is 0 Å². The van der Waals surface area contributed by atoms with Crippen LogP contribution in [-0.4, -0.2) is 86.2 Å². The molecule has 7 nitrogen and oxygen atoms in total. The average Bonchev–Trinajstić information content (AvgIpc) is 3.08. The van der Waals surface area contributed by atoms with Gasteiger partial charge in [0.15, 0.2) is 0 Å². The van der Waals surface area contributed by atoms with Gasteiger partial charge in [-0.05, 0) is 26.2 Å². The zero-order chi connectivity index (χ0) is 17.4. The number of piperazine rings is 1. The molecule has 0 aromatic heterocycles. The molecule has 2 amide bonds. The second-order valence-corrected chi connectivity index (χ2v) is 6.87. The maximum Gasteiger partial charge on any atom is 0.234 e. The first-order valence-corrected chi connectivity index (χ1v) is 9.19. The van der Waals surface area contributed by atoms with Crippen LogP contribution < -0.4 is 10.6 Å². The number of carbonyl (C=O) groups excluding carboxylic acids is 2. The van der Waals surface area contributed by atoms with Gasteiger partial charge in [0.05, 0.1) is 19.2 Å². The van der Waals surface area contributed by atoms with E-state index in [2.05, 4.69) is 27.4 Å². The molecule has 138 valence electrons. The fourth-order valence-electron chi connectivity index (χ4n) is 3.02. The average molecular weight is 340 g/mol. The number of carbonyl (C=O) groups is 2. The molecule has 2 aliphatic rings. The maximum atomic E-state index is 12.0. The number of hydrogen-bond acceptors (Lipinski definition) is 5. The molecule has 2 N–H and O–H groups in total. The van der Waals surface area contributed by atoms with Crippen LogP contribution in [0.5, 0.6) is 0 Å². The minimum atomic E-state index is 0.0634. The lowest BCUT2D eigenvalue weighted by atomic mass is 10.2. The molecule has 0 spiro atoms. The topological polar surface area (TPSA) is 73.9 Å². The molecule has 2 fully saturated rings. The number of hydrogen-bond donors (Lipinski definition) is 2. The SMILES string of the molecule is CCC(C)NC(=O)CN1CCN(CC(=O)NCC2CCCO2)CC1.